The van der Waals surface area contributed by atoms with E-state index in [1.165, 1.54) is 0 Å². The Bertz CT molecular complexity index is 221. The van der Waals surface area contributed by atoms with E-state index in [1.54, 1.807) is 27.7 Å². The minimum atomic E-state index is -1.29. The molecule has 0 radical (unpaired) electrons. The minimum Gasteiger partial charge on any atom is -0.390 e. The normalized spacial score (nSPS) is 45.8. The molecule has 0 spiro atoms. The molecule has 0 amide bonds. The van der Waals surface area contributed by atoms with Crippen LogP contribution in [-0.2, 0) is 4.74 Å². The highest BCUT2D eigenvalue weighted by Crippen LogP contribution is 2.30. The van der Waals surface area contributed by atoms with Gasteiger partial charge in [0.2, 0.25) is 0 Å². The zero-order chi connectivity index (χ0) is 12.7. The lowest BCUT2D eigenvalue weighted by atomic mass is 9.79. The summed E-state index contributed by atoms with van der Waals surface area (Å²) in [6.07, 6.45) is -5.57. The molecule has 0 bridgehead atoms. The molecular formula is C11H22O5. The summed E-state index contributed by atoms with van der Waals surface area (Å²) in [5, 5.41) is 38.9. The molecule has 0 aromatic carbocycles. The van der Waals surface area contributed by atoms with Gasteiger partial charge in [0.1, 0.15) is 18.3 Å². The standard InChI is InChI=1S/C11H22O5/c1-5-6(12)8(14)9(15)10(7(5)13)16-11(2,3)4/h5-10,12-15H,1-4H3. The predicted molar refractivity (Wildman–Crippen MR) is 57.8 cm³/mol. The lowest BCUT2D eigenvalue weighted by Crippen LogP contribution is -2.62. The summed E-state index contributed by atoms with van der Waals surface area (Å²) in [7, 11) is 0. The summed E-state index contributed by atoms with van der Waals surface area (Å²) in [5.74, 6) is -0.536. The van der Waals surface area contributed by atoms with Gasteiger partial charge >= 0.3 is 0 Å². The first kappa shape index (κ1) is 13.9. The lowest BCUT2D eigenvalue weighted by molar-refractivity contribution is -0.237. The van der Waals surface area contributed by atoms with E-state index in [0.29, 0.717) is 0 Å². The van der Waals surface area contributed by atoms with Crippen LogP contribution in [-0.4, -0.2) is 56.5 Å². The molecule has 0 aliphatic heterocycles. The van der Waals surface area contributed by atoms with Crippen molar-refractivity contribution in [2.75, 3.05) is 0 Å². The average molecular weight is 234 g/mol. The van der Waals surface area contributed by atoms with Crippen molar-refractivity contribution < 1.29 is 25.2 Å². The van der Waals surface area contributed by atoms with E-state index < -0.39 is 42.0 Å². The van der Waals surface area contributed by atoms with Crippen LogP contribution in [0.5, 0.6) is 0 Å². The van der Waals surface area contributed by atoms with Crippen molar-refractivity contribution in [1.82, 2.24) is 0 Å². The van der Waals surface area contributed by atoms with Crippen LogP contribution in [0.1, 0.15) is 27.7 Å². The molecule has 1 aliphatic rings. The van der Waals surface area contributed by atoms with Gasteiger partial charge in [-0.2, -0.15) is 0 Å². The Balaban J connectivity index is 2.83. The van der Waals surface area contributed by atoms with Crippen molar-refractivity contribution in [2.24, 2.45) is 5.92 Å². The van der Waals surface area contributed by atoms with Gasteiger partial charge in [-0.3, -0.25) is 0 Å². The molecule has 4 N–H and O–H groups in total. The maximum absolute atomic E-state index is 9.90. The van der Waals surface area contributed by atoms with E-state index in [9.17, 15) is 20.4 Å². The van der Waals surface area contributed by atoms with Crippen LogP contribution in [0.2, 0.25) is 0 Å². The van der Waals surface area contributed by atoms with Gasteiger partial charge in [0.15, 0.2) is 0 Å². The average Bonchev–Trinajstić information content (AvgIpc) is 2.17. The van der Waals surface area contributed by atoms with Gasteiger partial charge in [-0.25, -0.2) is 0 Å². The fourth-order valence-corrected chi connectivity index (χ4v) is 1.96. The SMILES string of the molecule is CC1C(O)C(O)C(O)C(OC(C)(C)C)C1O. The van der Waals surface area contributed by atoms with Crippen LogP contribution in [0.3, 0.4) is 0 Å². The number of hydrogen-bond donors (Lipinski definition) is 4. The first-order valence-electron chi connectivity index (χ1n) is 5.55. The number of aliphatic hydroxyl groups excluding tert-OH is 4. The summed E-state index contributed by atoms with van der Waals surface area (Å²) in [5.41, 5.74) is -0.533. The molecule has 1 saturated carbocycles. The van der Waals surface area contributed by atoms with E-state index in [4.69, 9.17) is 4.74 Å². The highest BCUT2D eigenvalue weighted by Gasteiger charge is 2.48. The molecule has 0 heterocycles. The zero-order valence-corrected chi connectivity index (χ0v) is 10.2. The fourth-order valence-electron chi connectivity index (χ4n) is 1.96. The van der Waals surface area contributed by atoms with Crippen molar-refractivity contribution in [3.63, 3.8) is 0 Å². The number of aliphatic hydroxyl groups is 4. The molecule has 6 unspecified atom stereocenters. The van der Waals surface area contributed by atoms with Crippen LogP contribution in [0.4, 0.5) is 0 Å². The highest BCUT2D eigenvalue weighted by atomic mass is 16.5. The molecule has 96 valence electrons. The molecule has 5 heteroatoms. The van der Waals surface area contributed by atoms with Gasteiger partial charge in [0, 0.05) is 5.92 Å². The number of ether oxygens (including phenoxy) is 1. The summed E-state index contributed by atoms with van der Waals surface area (Å²) >= 11 is 0. The van der Waals surface area contributed by atoms with Gasteiger partial charge in [-0.15, -0.1) is 0 Å². The maximum Gasteiger partial charge on any atom is 0.113 e. The van der Waals surface area contributed by atoms with Gasteiger partial charge in [0.05, 0.1) is 17.8 Å². The molecule has 6 atom stereocenters. The van der Waals surface area contributed by atoms with E-state index in [-0.39, 0.29) is 0 Å². The van der Waals surface area contributed by atoms with Crippen molar-refractivity contribution in [1.29, 1.82) is 0 Å². The van der Waals surface area contributed by atoms with E-state index in [0.717, 1.165) is 0 Å². The monoisotopic (exact) mass is 234 g/mol. The molecule has 1 fully saturated rings. The van der Waals surface area contributed by atoms with Crippen molar-refractivity contribution in [3.05, 3.63) is 0 Å². The maximum atomic E-state index is 9.90. The number of rotatable bonds is 1. The molecule has 0 aromatic rings. The minimum absolute atomic E-state index is 0.533. The van der Waals surface area contributed by atoms with Crippen LogP contribution in [0, 0.1) is 5.92 Å². The van der Waals surface area contributed by atoms with Gasteiger partial charge in [0.25, 0.3) is 0 Å². The smallest absolute Gasteiger partial charge is 0.113 e. The Morgan fingerprint density at radius 3 is 1.75 bits per heavy atom. The highest BCUT2D eigenvalue weighted by molar-refractivity contribution is 4.98. The van der Waals surface area contributed by atoms with Crippen LogP contribution in [0.25, 0.3) is 0 Å². The van der Waals surface area contributed by atoms with E-state index in [2.05, 4.69) is 0 Å². The first-order valence-corrected chi connectivity index (χ1v) is 5.55. The quantitative estimate of drug-likeness (QED) is 0.480. The Hall–Kier alpha value is -0.200. The Labute approximate surface area is 95.7 Å². The Morgan fingerprint density at radius 2 is 1.31 bits per heavy atom. The van der Waals surface area contributed by atoms with E-state index >= 15 is 0 Å². The molecule has 0 saturated heterocycles. The lowest BCUT2D eigenvalue weighted by Gasteiger charge is -2.44. The largest absolute Gasteiger partial charge is 0.390 e. The van der Waals surface area contributed by atoms with Crippen LogP contribution < -0.4 is 0 Å². The van der Waals surface area contributed by atoms with Crippen LogP contribution in [0.15, 0.2) is 0 Å². The molecule has 1 rings (SSSR count). The van der Waals surface area contributed by atoms with Gasteiger partial charge in [-0.05, 0) is 20.8 Å². The predicted octanol–water partition coefficient (Wildman–Crippen LogP) is -0.737. The Morgan fingerprint density at radius 1 is 0.812 bits per heavy atom. The third-order valence-electron chi connectivity index (χ3n) is 2.94. The second kappa shape index (κ2) is 4.58. The molecule has 16 heavy (non-hydrogen) atoms. The summed E-state index contributed by atoms with van der Waals surface area (Å²) in [4.78, 5) is 0. The topological polar surface area (TPSA) is 90.2 Å². The molecular weight excluding hydrogens is 212 g/mol. The fraction of sp³-hybridized carbons (Fsp3) is 1.00. The van der Waals surface area contributed by atoms with Crippen molar-refractivity contribution >= 4 is 0 Å². The van der Waals surface area contributed by atoms with E-state index in [1.807, 2.05) is 0 Å². The van der Waals surface area contributed by atoms with Gasteiger partial charge in [-0.1, -0.05) is 6.92 Å². The second-order valence-electron chi connectivity index (χ2n) is 5.52. The van der Waals surface area contributed by atoms with Crippen molar-refractivity contribution in [3.8, 4) is 0 Å². The zero-order valence-electron chi connectivity index (χ0n) is 10.2. The Kier molecular flexibility index (Phi) is 3.97. The summed E-state index contributed by atoms with van der Waals surface area (Å²) in [6.45, 7) is 7.01. The molecule has 1 aliphatic carbocycles. The first-order chi connectivity index (χ1) is 7.15. The van der Waals surface area contributed by atoms with Crippen LogP contribution >= 0.6 is 0 Å². The third kappa shape index (κ3) is 2.73. The summed E-state index contributed by atoms with van der Waals surface area (Å²) in [6, 6.07) is 0. The van der Waals surface area contributed by atoms with Crippen molar-refractivity contribution in [2.45, 2.75) is 63.8 Å². The van der Waals surface area contributed by atoms with Gasteiger partial charge < -0.3 is 25.2 Å². The summed E-state index contributed by atoms with van der Waals surface area (Å²) < 4.78 is 5.52. The third-order valence-corrected chi connectivity index (χ3v) is 2.94. The second-order valence-corrected chi connectivity index (χ2v) is 5.52. The molecule has 5 nitrogen and oxygen atoms in total. The molecule has 0 aromatic heterocycles. The number of hydrogen-bond acceptors (Lipinski definition) is 5.